The minimum absolute atomic E-state index is 0.0213. The highest BCUT2D eigenvalue weighted by Crippen LogP contribution is 2.22. The minimum atomic E-state index is -4.14. The first kappa shape index (κ1) is 19.6. The van der Waals surface area contributed by atoms with E-state index in [2.05, 4.69) is 9.46 Å². The molecule has 10 heteroatoms. The number of rotatable bonds is 6. The number of nitrogens with zero attached hydrogens (tertiary/aromatic N) is 1. The van der Waals surface area contributed by atoms with E-state index >= 15 is 0 Å². The fourth-order valence-electron chi connectivity index (χ4n) is 2.44. The number of para-hydroxylation sites is 1. The van der Waals surface area contributed by atoms with E-state index in [-0.39, 0.29) is 21.0 Å². The van der Waals surface area contributed by atoms with Gasteiger partial charge in [-0.2, -0.15) is 0 Å². The van der Waals surface area contributed by atoms with E-state index in [0.29, 0.717) is 0 Å². The molecule has 0 fully saturated rings. The lowest BCUT2D eigenvalue weighted by Gasteiger charge is -2.10. The zero-order chi connectivity index (χ0) is 20.4. The third-order valence-electron chi connectivity index (χ3n) is 3.85. The maximum absolute atomic E-state index is 12.7. The lowest BCUT2D eigenvalue weighted by molar-refractivity contribution is 0.0602. The molecule has 0 radical (unpaired) electrons. The number of anilines is 1. The summed E-state index contributed by atoms with van der Waals surface area (Å²) in [6.07, 6.45) is 2.13. The molecule has 0 amide bonds. The number of methoxy groups -OCH3 is 1. The van der Waals surface area contributed by atoms with Crippen molar-refractivity contribution >= 4 is 31.7 Å². The Balaban J connectivity index is 1.95. The molecule has 0 saturated heterocycles. The number of carbonyl (C=O) groups excluding carboxylic acids is 1. The van der Waals surface area contributed by atoms with Crippen LogP contribution >= 0.6 is 0 Å². The predicted octanol–water partition coefficient (Wildman–Crippen LogP) is 2.31. The average molecular weight is 420 g/mol. The van der Waals surface area contributed by atoms with Gasteiger partial charge in [0.25, 0.3) is 20.0 Å². The molecule has 146 valence electrons. The van der Waals surface area contributed by atoms with E-state index in [0.717, 1.165) is 22.4 Å². The molecule has 3 rings (SSSR count). The Morgan fingerprint density at radius 2 is 1.54 bits per heavy atom. The molecule has 0 spiro atoms. The van der Waals surface area contributed by atoms with Gasteiger partial charge in [-0.1, -0.05) is 30.3 Å². The van der Waals surface area contributed by atoms with Crippen molar-refractivity contribution in [3.05, 3.63) is 78.6 Å². The highest BCUT2D eigenvalue weighted by atomic mass is 32.2. The van der Waals surface area contributed by atoms with Crippen molar-refractivity contribution in [2.24, 2.45) is 0 Å². The molecule has 8 nitrogen and oxygen atoms in total. The van der Waals surface area contributed by atoms with Crippen LogP contribution in [0.25, 0.3) is 0 Å². The van der Waals surface area contributed by atoms with Crippen molar-refractivity contribution in [2.45, 2.75) is 9.79 Å². The van der Waals surface area contributed by atoms with Crippen molar-refractivity contribution in [1.29, 1.82) is 0 Å². The fourth-order valence-corrected chi connectivity index (χ4v) is 4.81. The Morgan fingerprint density at radius 1 is 0.893 bits per heavy atom. The summed E-state index contributed by atoms with van der Waals surface area (Å²) < 4.78 is 58.3. The Bertz CT molecular complexity index is 1220. The molecule has 1 aromatic heterocycles. The van der Waals surface area contributed by atoms with Crippen LogP contribution in [0.4, 0.5) is 5.69 Å². The number of hydrogen-bond donors (Lipinski definition) is 1. The van der Waals surface area contributed by atoms with Crippen LogP contribution in [0.1, 0.15) is 10.4 Å². The first-order valence-corrected chi connectivity index (χ1v) is 10.9. The molecule has 0 atom stereocenters. The van der Waals surface area contributed by atoms with Gasteiger partial charge in [0.2, 0.25) is 0 Å². The van der Waals surface area contributed by atoms with Gasteiger partial charge in [-0.25, -0.2) is 25.6 Å². The van der Waals surface area contributed by atoms with Crippen LogP contribution in [0.2, 0.25) is 0 Å². The molecule has 0 saturated carbocycles. The SMILES string of the molecule is COC(=O)c1ccccc1NS(=O)(=O)c1ccn(S(=O)(=O)c2ccccc2)c1. The summed E-state index contributed by atoms with van der Waals surface area (Å²) in [5.41, 5.74) is 0.0536. The van der Waals surface area contributed by atoms with Crippen LogP contribution in [0.15, 0.2) is 82.8 Å². The van der Waals surface area contributed by atoms with Crippen molar-refractivity contribution < 1.29 is 26.4 Å². The molecule has 28 heavy (non-hydrogen) atoms. The first-order chi connectivity index (χ1) is 13.3. The van der Waals surface area contributed by atoms with Crippen LogP contribution in [0.3, 0.4) is 0 Å². The molecule has 0 aliphatic rings. The van der Waals surface area contributed by atoms with E-state index in [1.165, 1.54) is 31.4 Å². The molecule has 0 bridgehead atoms. The van der Waals surface area contributed by atoms with E-state index in [9.17, 15) is 21.6 Å². The topological polar surface area (TPSA) is 112 Å². The number of aromatic nitrogens is 1. The third-order valence-corrected chi connectivity index (χ3v) is 6.85. The molecule has 0 aliphatic carbocycles. The second kappa shape index (κ2) is 7.49. The minimum Gasteiger partial charge on any atom is -0.465 e. The Kier molecular flexibility index (Phi) is 5.25. The molecular formula is C18H16N2O6S2. The molecule has 1 N–H and O–H groups in total. The van der Waals surface area contributed by atoms with Gasteiger partial charge in [0, 0.05) is 12.4 Å². The van der Waals surface area contributed by atoms with Gasteiger partial charge in [0.05, 0.1) is 23.3 Å². The van der Waals surface area contributed by atoms with Gasteiger partial charge in [0.1, 0.15) is 4.90 Å². The first-order valence-electron chi connectivity index (χ1n) is 7.94. The quantitative estimate of drug-likeness (QED) is 0.613. The van der Waals surface area contributed by atoms with Gasteiger partial charge in [0.15, 0.2) is 0 Å². The number of nitrogens with one attached hydrogen (secondary N) is 1. The Hall–Kier alpha value is -3.11. The second-order valence-corrected chi connectivity index (χ2v) is 9.16. The molecule has 0 aliphatic heterocycles. The summed E-state index contributed by atoms with van der Waals surface area (Å²) in [5, 5.41) is 0. The zero-order valence-electron chi connectivity index (χ0n) is 14.6. The standard InChI is InChI=1S/C18H16N2O6S2/c1-26-18(21)16-9-5-6-10-17(16)19-27(22,23)15-11-12-20(13-15)28(24,25)14-7-3-2-4-8-14/h2-13,19H,1H3. The monoisotopic (exact) mass is 420 g/mol. The van der Waals surface area contributed by atoms with Gasteiger partial charge in [-0.3, -0.25) is 4.72 Å². The summed E-state index contributed by atoms with van der Waals surface area (Å²) in [5.74, 6) is -0.706. The Morgan fingerprint density at radius 3 is 2.21 bits per heavy atom. The third kappa shape index (κ3) is 3.78. The van der Waals surface area contributed by atoms with Gasteiger partial charge >= 0.3 is 5.97 Å². The number of sulfonamides is 1. The predicted molar refractivity (Wildman–Crippen MR) is 102 cm³/mol. The lowest BCUT2D eigenvalue weighted by atomic mass is 10.2. The fraction of sp³-hybridized carbons (Fsp3) is 0.0556. The zero-order valence-corrected chi connectivity index (χ0v) is 16.3. The Labute approximate surface area is 162 Å². The van der Waals surface area contributed by atoms with Crippen LogP contribution in [-0.4, -0.2) is 33.9 Å². The van der Waals surface area contributed by atoms with Crippen LogP contribution in [0, 0.1) is 0 Å². The smallest absolute Gasteiger partial charge is 0.339 e. The maximum Gasteiger partial charge on any atom is 0.339 e. The van der Waals surface area contributed by atoms with Crippen molar-refractivity contribution in [3.8, 4) is 0 Å². The van der Waals surface area contributed by atoms with E-state index in [1.807, 2.05) is 0 Å². The summed E-state index contributed by atoms with van der Waals surface area (Å²) in [7, 11) is -6.89. The van der Waals surface area contributed by atoms with Crippen molar-refractivity contribution in [1.82, 2.24) is 3.97 Å². The van der Waals surface area contributed by atoms with E-state index < -0.39 is 26.0 Å². The summed E-state index contributed by atoms with van der Waals surface area (Å²) in [6.45, 7) is 0. The average Bonchev–Trinajstić information content (AvgIpc) is 3.20. The number of benzene rings is 2. The molecule has 3 aromatic rings. The van der Waals surface area contributed by atoms with Gasteiger partial charge < -0.3 is 4.74 Å². The van der Waals surface area contributed by atoms with Gasteiger partial charge in [-0.15, -0.1) is 0 Å². The van der Waals surface area contributed by atoms with Crippen molar-refractivity contribution in [3.63, 3.8) is 0 Å². The maximum atomic E-state index is 12.7. The van der Waals surface area contributed by atoms with Gasteiger partial charge in [-0.05, 0) is 30.3 Å². The number of esters is 1. The van der Waals surface area contributed by atoms with Crippen LogP contribution < -0.4 is 4.72 Å². The summed E-state index contributed by atoms with van der Waals surface area (Å²) in [4.78, 5) is 11.6. The van der Waals surface area contributed by atoms with Crippen molar-refractivity contribution in [2.75, 3.05) is 11.8 Å². The summed E-state index contributed by atoms with van der Waals surface area (Å²) in [6, 6.07) is 14.7. The highest BCUT2D eigenvalue weighted by molar-refractivity contribution is 7.93. The van der Waals surface area contributed by atoms with Crippen LogP contribution in [0.5, 0.6) is 0 Å². The number of hydrogen-bond acceptors (Lipinski definition) is 6. The second-order valence-electron chi connectivity index (χ2n) is 5.64. The highest BCUT2D eigenvalue weighted by Gasteiger charge is 2.23. The lowest BCUT2D eigenvalue weighted by Crippen LogP contribution is -2.16. The molecule has 2 aromatic carbocycles. The molecule has 1 heterocycles. The number of carbonyl (C=O) groups is 1. The molecule has 0 unspecified atom stereocenters. The van der Waals surface area contributed by atoms with E-state index in [1.54, 1.807) is 30.3 Å². The van der Waals surface area contributed by atoms with Crippen LogP contribution in [-0.2, 0) is 24.8 Å². The van der Waals surface area contributed by atoms with E-state index in [4.69, 9.17) is 0 Å². The molecular weight excluding hydrogens is 404 g/mol. The summed E-state index contributed by atoms with van der Waals surface area (Å²) >= 11 is 0. The largest absolute Gasteiger partial charge is 0.465 e. The normalized spacial score (nSPS) is 11.8. The number of ether oxygens (including phenoxy) is 1.